The molecule has 1 aliphatic rings. The molecule has 3 atom stereocenters. The highest BCUT2D eigenvalue weighted by Crippen LogP contribution is 2.53. The summed E-state index contributed by atoms with van der Waals surface area (Å²) < 4.78 is 23.9. The van der Waals surface area contributed by atoms with E-state index in [-0.39, 0.29) is 22.7 Å². The second-order valence-electron chi connectivity index (χ2n) is 10.1. The molecule has 0 saturated heterocycles. The predicted octanol–water partition coefficient (Wildman–Crippen LogP) is 5.63. The lowest BCUT2D eigenvalue weighted by atomic mass is 9.58. The molecule has 1 aromatic carbocycles. The molecule has 1 aromatic rings. The van der Waals surface area contributed by atoms with Gasteiger partial charge in [-0.25, -0.2) is 0 Å². The molecule has 2 rings (SSSR count). The van der Waals surface area contributed by atoms with E-state index in [0.717, 1.165) is 6.42 Å². The van der Waals surface area contributed by atoms with Crippen molar-refractivity contribution in [2.24, 2.45) is 11.3 Å². The third-order valence-corrected chi connectivity index (χ3v) is 11.0. The van der Waals surface area contributed by atoms with Crippen LogP contribution in [-0.2, 0) is 25.2 Å². The second kappa shape index (κ2) is 9.39. The van der Waals surface area contributed by atoms with E-state index in [4.69, 9.17) is 18.6 Å². The number of rotatable bonds is 10. The molecule has 1 saturated carbocycles. The molecule has 0 aromatic heterocycles. The Balaban J connectivity index is 2.09. The van der Waals surface area contributed by atoms with Gasteiger partial charge in [0.2, 0.25) is 0 Å². The summed E-state index contributed by atoms with van der Waals surface area (Å²) in [6.45, 7) is 17.8. The van der Waals surface area contributed by atoms with Gasteiger partial charge < -0.3 is 18.6 Å². The van der Waals surface area contributed by atoms with Crippen LogP contribution in [0.4, 0.5) is 0 Å². The zero-order chi connectivity index (χ0) is 21.0. The zero-order valence-electron chi connectivity index (χ0n) is 19.1. The van der Waals surface area contributed by atoms with Crippen LogP contribution in [0.3, 0.4) is 0 Å². The van der Waals surface area contributed by atoms with Gasteiger partial charge in [-0.05, 0) is 30.1 Å². The Kier molecular flexibility index (Phi) is 7.90. The molecule has 4 nitrogen and oxygen atoms in total. The maximum atomic E-state index is 6.88. The van der Waals surface area contributed by atoms with Crippen molar-refractivity contribution in [3.8, 4) is 0 Å². The van der Waals surface area contributed by atoms with E-state index in [1.807, 2.05) is 6.07 Å². The number of hydrogen-bond donors (Lipinski definition) is 0. The number of ether oxygens (including phenoxy) is 3. The smallest absolute Gasteiger partial charge is 0.192 e. The number of methoxy groups -OCH3 is 1. The molecular formula is C23H40O4Si. The summed E-state index contributed by atoms with van der Waals surface area (Å²) in [7, 11) is -0.206. The van der Waals surface area contributed by atoms with E-state index >= 15 is 0 Å². The highest BCUT2D eigenvalue weighted by molar-refractivity contribution is 6.74. The highest BCUT2D eigenvalue weighted by atomic mass is 28.4. The Bertz CT molecular complexity index is 594. The maximum absolute atomic E-state index is 6.88. The van der Waals surface area contributed by atoms with Crippen molar-refractivity contribution in [2.75, 3.05) is 20.5 Å². The third kappa shape index (κ3) is 5.45. The van der Waals surface area contributed by atoms with Crippen molar-refractivity contribution in [2.45, 2.75) is 78.0 Å². The highest BCUT2D eigenvalue weighted by Gasteiger charge is 2.59. The summed E-state index contributed by atoms with van der Waals surface area (Å²) in [5, 5.41) is 0.191. The van der Waals surface area contributed by atoms with E-state index in [1.165, 1.54) is 5.56 Å². The first-order valence-corrected chi connectivity index (χ1v) is 13.3. The molecule has 160 valence electrons. The molecule has 0 heterocycles. The van der Waals surface area contributed by atoms with Crippen molar-refractivity contribution in [3.05, 3.63) is 35.9 Å². The third-order valence-electron chi connectivity index (χ3n) is 6.54. The van der Waals surface area contributed by atoms with Gasteiger partial charge in [-0.2, -0.15) is 0 Å². The Hall–Kier alpha value is -0.723. The fourth-order valence-electron chi connectivity index (χ4n) is 3.80. The molecule has 0 amide bonds. The quantitative estimate of drug-likeness (QED) is 0.286. The summed E-state index contributed by atoms with van der Waals surface area (Å²) in [5.41, 5.74) is 1.19. The van der Waals surface area contributed by atoms with E-state index in [9.17, 15) is 0 Å². The van der Waals surface area contributed by atoms with E-state index in [0.29, 0.717) is 25.9 Å². The average molecular weight is 409 g/mol. The standard InChI is InChI=1S/C23H40O4Si/c1-22(2,3)28(7,8)27-21-19(14-15-25-17-24-6)20(23(21,4)5)26-16-18-12-10-9-11-13-18/h9-13,19-21H,14-17H2,1-8H3/t19-,20-,21-/m0/s1. The van der Waals surface area contributed by atoms with Gasteiger partial charge in [0.1, 0.15) is 6.79 Å². The molecule has 0 spiro atoms. The molecule has 0 radical (unpaired) electrons. The number of hydrogen-bond acceptors (Lipinski definition) is 4. The summed E-state index contributed by atoms with van der Waals surface area (Å²) >= 11 is 0. The first-order chi connectivity index (χ1) is 13.0. The fourth-order valence-corrected chi connectivity index (χ4v) is 5.27. The van der Waals surface area contributed by atoms with Crippen LogP contribution in [0.2, 0.25) is 18.1 Å². The molecule has 5 heteroatoms. The van der Waals surface area contributed by atoms with E-state index in [2.05, 4.69) is 72.0 Å². The second-order valence-corrected chi connectivity index (χ2v) is 14.9. The van der Waals surface area contributed by atoms with Crippen molar-refractivity contribution >= 4 is 8.32 Å². The molecule has 0 bridgehead atoms. The number of benzene rings is 1. The normalized spacial score (nSPS) is 24.8. The minimum absolute atomic E-state index is 0.0176. The molecule has 28 heavy (non-hydrogen) atoms. The predicted molar refractivity (Wildman–Crippen MR) is 117 cm³/mol. The van der Waals surface area contributed by atoms with Gasteiger partial charge in [-0.15, -0.1) is 0 Å². The molecule has 0 unspecified atom stereocenters. The monoisotopic (exact) mass is 408 g/mol. The van der Waals surface area contributed by atoms with Gasteiger partial charge in [0.25, 0.3) is 0 Å². The van der Waals surface area contributed by atoms with Crippen LogP contribution < -0.4 is 0 Å². The van der Waals surface area contributed by atoms with Crippen molar-refractivity contribution in [3.63, 3.8) is 0 Å². The van der Waals surface area contributed by atoms with Crippen molar-refractivity contribution < 1.29 is 18.6 Å². The average Bonchev–Trinajstić information content (AvgIpc) is 2.61. The maximum Gasteiger partial charge on any atom is 0.192 e. The van der Waals surface area contributed by atoms with E-state index in [1.54, 1.807) is 7.11 Å². The van der Waals surface area contributed by atoms with Gasteiger partial charge in [0.05, 0.1) is 18.8 Å². The summed E-state index contributed by atoms with van der Waals surface area (Å²) in [6, 6.07) is 10.4. The largest absolute Gasteiger partial charge is 0.413 e. The van der Waals surface area contributed by atoms with Crippen LogP contribution in [0, 0.1) is 11.3 Å². The van der Waals surface area contributed by atoms with Crippen molar-refractivity contribution in [1.29, 1.82) is 0 Å². The van der Waals surface area contributed by atoms with Gasteiger partial charge in [-0.1, -0.05) is 65.0 Å². The molecular weight excluding hydrogens is 368 g/mol. The van der Waals surface area contributed by atoms with Crippen LogP contribution in [0.1, 0.15) is 46.6 Å². The molecule has 0 N–H and O–H groups in total. The van der Waals surface area contributed by atoms with Crippen LogP contribution in [-0.4, -0.2) is 41.0 Å². The molecule has 1 aliphatic carbocycles. The first-order valence-electron chi connectivity index (χ1n) is 10.4. The Morgan fingerprint density at radius 2 is 1.68 bits per heavy atom. The van der Waals surface area contributed by atoms with Crippen LogP contribution in [0.15, 0.2) is 30.3 Å². The molecule has 0 aliphatic heterocycles. The van der Waals surface area contributed by atoms with Gasteiger partial charge >= 0.3 is 0 Å². The van der Waals surface area contributed by atoms with Crippen LogP contribution in [0.25, 0.3) is 0 Å². The minimum atomic E-state index is -1.86. The lowest BCUT2D eigenvalue weighted by Crippen LogP contribution is -2.66. The van der Waals surface area contributed by atoms with Gasteiger partial charge in [0, 0.05) is 25.0 Å². The van der Waals surface area contributed by atoms with Crippen LogP contribution >= 0.6 is 0 Å². The Morgan fingerprint density at radius 3 is 2.25 bits per heavy atom. The Morgan fingerprint density at radius 1 is 1.04 bits per heavy atom. The summed E-state index contributed by atoms with van der Waals surface area (Å²) in [4.78, 5) is 0. The molecule has 1 fully saturated rings. The minimum Gasteiger partial charge on any atom is -0.413 e. The van der Waals surface area contributed by atoms with Gasteiger partial charge in [-0.3, -0.25) is 0 Å². The van der Waals surface area contributed by atoms with E-state index < -0.39 is 8.32 Å². The zero-order valence-corrected chi connectivity index (χ0v) is 20.1. The SMILES string of the molecule is COCOCC[C@H]1[C@H](OCc2ccccc2)C(C)(C)[C@H]1O[Si](C)(C)C(C)(C)C. The topological polar surface area (TPSA) is 36.9 Å². The van der Waals surface area contributed by atoms with Crippen molar-refractivity contribution in [1.82, 2.24) is 0 Å². The summed E-state index contributed by atoms with van der Waals surface area (Å²) in [6.07, 6.45) is 1.28. The summed E-state index contributed by atoms with van der Waals surface area (Å²) in [5.74, 6) is 0.338. The fraction of sp³-hybridized carbons (Fsp3) is 0.739. The Labute approximate surface area is 173 Å². The van der Waals surface area contributed by atoms with Crippen LogP contribution in [0.5, 0.6) is 0 Å². The van der Waals surface area contributed by atoms with Gasteiger partial charge in [0.15, 0.2) is 8.32 Å². The first kappa shape index (κ1) is 23.6. The lowest BCUT2D eigenvalue weighted by molar-refractivity contribution is -0.228. The lowest BCUT2D eigenvalue weighted by Gasteiger charge is -2.60.